The number of halogens is 2. The first kappa shape index (κ1) is 86.5. The lowest BCUT2D eigenvalue weighted by Crippen LogP contribution is -2.55. The molecule has 0 aliphatic carbocycles. The van der Waals surface area contributed by atoms with E-state index < -0.39 is 137 Å². The average molecular weight is 1480 g/mol. The molecule has 0 aromatic heterocycles. The van der Waals surface area contributed by atoms with Crippen molar-refractivity contribution < 1.29 is 90.2 Å². The first-order valence-corrected chi connectivity index (χ1v) is 37.0. The lowest BCUT2D eigenvalue weighted by molar-refractivity contribution is -0.199. The zero-order valence-corrected chi connectivity index (χ0v) is 63.9. The second-order valence-corrected chi connectivity index (χ2v) is 30.8. The van der Waals surface area contributed by atoms with Gasteiger partial charge < -0.3 is 55.4 Å². The van der Waals surface area contributed by atoms with Crippen molar-refractivity contribution in [1.82, 2.24) is 45.9 Å². The summed E-state index contributed by atoms with van der Waals surface area (Å²) in [6.07, 6.45) is 1.37. The number of imide groups is 2. The molecule has 3 aliphatic heterocycles. The highest BCUT2D eigenvalue weighted by atomic mass is 32.2. The molecular weight excluding hydrogens is 1370 g/mol. The van der Waals surface area contributed by atoms with Crippen LogP contribution < -0.4 is 26.6 Å². The van der Waals surface area contributed by atoms with Crippen molar-refractivity contribution in [3.05, 3.63) is 65.2 Å². The van der Waals surface area contributed by atoms with Gasteiger partial charge in [-0.25, -0.2) is 18.4 Å². The van der Waals surface area contributed by atoms with Crippen LogP contribution in [0.5, 0.6) is 0 Å². The molecule has 4 unspecified atom stereocenters. The molecule has 2 aromatic carbocycles. The number of benzene rings is 2. The third-order valence-corrected chi connectivity index (χ3v) is 21.0. The smallest absolute Gasteiger partial charge is 0.410 e. The monoisotopic (exact) mass is 1480 g/mol. The van der Waals surface area contributed by atoms with Gasteiger partial charge in [-0.05, 0) is 103 Å². The van der Waals surface area contributed by atoms with Crippen molar-refractivity contribution in [2.75, 3.05) is 72.1 Å². The molecule has 2 aromatic rings. The summed E-state index contributed by atoms with van der Waals surface area (Å²) >= 11 is 1.39. The van der Waals surface area contributed by atoms with Crippen LogP contribution in [0.15, 0.2) is 42.5 Å². The molecule has 12 amide bonds. The maximum atomic E-state index is 14.3. The molecule has 9 atom stereocenters. The highest BCUT2D eigenvalue weighted by molar-refractivity contribution is 8.00. The van der Waals surface area contributed by atoms with E-state index in [-0.39, 0.29) is 111 Å². The van der Waals surface area contributed by atoms with E-state index in [9.17, 15) is 71.1 Å². The number of thioether (sulfide) groups is 1. The molecule has 5 rings (SSSR count). The van der Waals surface area contributed by atoms with Gasteiger partial charge in [-0.2, -0.15) is 0 Å². The number of ether oxygens (including phenoxy) is 3. The number of likely N-dealkylation sites (N-methyl/N-ethyl adjacent to an activating group) is 2. The fourth-order valence-electron chi connectivity index (χ4n) is 13.9. The van der Waals surface area contributed by atoms with E-state index in [0.717, 1.165) is 17.0 Å². The molecule has 3 heterocycles. The van der Waals surface area contributed by atoms with Gasteiger partial charge in [0, 0.05) is 84.9 Å². The topological polar surface area (TPSA) is 335 Å². The molecule has 104 heavy (non-hydrogen) atoms. The quantitative estimate of drug-likeness (QED) is 0.0330. The highest BCUT2D eigenvalue weighted by Gasteiger charge is 2.44. The number of amides is 12. The summed E-state index contributed by atoms with van der Waals surface area (Å²) in [6.45, 7) is 19.8. The molecule has 3 saturated heterocycles. The van der Waals surface area contributed by atoms with Gasteiger partial charge in [0.15, 0.2) is 0 Å². The van der Waals surface area contributed by atoms with Gasteiger partial charge in [-0.1, -0.05) is 107 Å². The van der Waals surface area contributed by atoms with Crippen molar-refractivity contribution in [3.8, 4) is 0 Å². The summed E-state index contributed by atoms with van der Waals surface area (Å²) in [4.78, 5) is 182. The third kappa shape index (κ3) is 25.3. The van der Waals surface area contributed by atoms with Crippen molar-refractivity contribution in [2.24, 2.45) is 34.5 Å². The number of carbonyl (C=O) groups is 13. The van der Waals surface area contributed by atoms with Gasteiger partial charge in [-0.3, -0.25) is 62.5 Å². The van der Waals surface area contributed by atoms with E-state index in [1.165, 1.54) is 48.9 Å². The molecule has 0 radical (unpaired) electrons. The summed E-state index contributed by atoms with van der Waals surface area (Å²) in [5, 5.41) is 13.4. The van der Waals surface area contributed by atoms with E-state index in [2.05, 4.69) is 26.6 Å². The maximum absolute atomic E-state index is 14.3. The van der Waals surface area contributed by atoms with Gasteiger partial charge in [0.1, 0.15) is 30.3 Å². The second-order valence-electron chi connectivity index (χ2n) is 29.6. The standard InChI is InChI=1S/C74H110F2N10O17S/c1-16-46(6)66(54(100-14)36-60(91)84-35-21-24-53(84)67(101-15)47(7)68(95)77-33-32-50-51(75)22-20-23-52(50)76)82(12)62(93)40-79-70(97)65(45(4)5)83(13)72(99)102-41-48-26-28-49(29-27-48)80-57(88)39-78-69(96)64(44(2)3)81-56(87)25-18-17-19-34-85-61(92)37-55(71(85)98)104-43-74(10,11)42-73(8,9)38-63(94)103-86-58(89)30-31-59(86)90/h20,22-23,26-29,44-47,53-55,64-67H,16-19,21,24-25,30-43H2,1-15H3,(H,77,95)(H,78,96)(H,79,97)(H,80,88)(H,81,87)/t46-,47+,53-,54+,55?,64?,65?,66?,67+/m0/s1. The first-order valence-electron chi connectivity index (χ1n) is 35.9. The van der Waals surface area contributed by atoms with E-state index in [4.69, 9.17) is 19.0 Å². The van der Waals surface area contributed by atoms with Crippen LogP contribution in [0.25, 0.3) is 0 Å². The Labute approximate surface area is 614 Å². The number of hydroxylamine groups is 2. The normalized spacial score (nSPS) is 17.6. The molecule has 27 nitrogen and oxygen atoms in total. The van der Waals surface area contributed by atoms with Gasteiger partial charge in [0.25, 0.3) is 11.8 Å². The fourth-order valence-corrected chi connectivity index (χ4v) is 15.1. The Bertz CT molecular complexity index is 3320. The minimum absolute atomic E-state index is 0.000263. The molecule has 3 aliphatic rings. The Balaban J connectivity index is 1.00. The molecule has 0 spiro atoms. The van der Waals surface area contributed by atoms with Crippen molar-refractivity contribution in [2.45, 2.75) is 214 Å². The van der Waals surface area contributed by atoms with Crippen LogP contribution in [0, 0.1) is 46.1 Å². The van der Waals surface area contributed by atoms with Crippen LogP contribution in [0.2, 0.25) is 0 Å². The Morgan fingerprint density at radius 1 is 0.740 bits per heavy atom. The van der Waals surface area contributed by atoms with Crippen LogP contribution >= 0.6 is 11.8 Å². The molecule has 578 valence electrons. The minimum Gasteiger partial charge on any atom is -0.445 e. The SMILES string of the molecule is CC[C@H](C)C([C@@H](CC(=O)N1CCC[C@H]1[C@H](OC)[C@@H](C)C(=O)NCCc1c(F)cccc1F)OC)N(C)C(=O)CNC(=O)C(C(C)C)N(C)C(=O)OCc1ccc(NC(=O)CNC(=O)C(NC(=O)CCCCCN2C(=O)CC(SCC(C)(C)CC(C)(C)CC(=O)ON3C(=O)CCC3=O)C2=O)C(C)C)cc1. The number of unbranched alkanes of at least 4 members (excludes halogenated alkanes) is 2. The van der Waals surface area contributed by atoms with Crippen LogP contribution in [-0.2, 0) is 89.6 Å². The van der Waals surface area contributed by atoms with Crippen LogP contribution in [0.1, 0.15) is 171 Å². The third-order valence-electron chi connectivity index (χ3n) is 19.3. The fraction of sp³-hybridized carbons (Fsp3) is 0.662. The largest absolute Gasteiger partial charge is 0.445 e. The van der Waals surface area contributed by atoms with Crippen molar-refractivity contribution in [1.29, 1.82) is 0 Å². The second kappa shape index (κ2) is 40.4. The maximum Gasteiger partial charge on any atom is 0.410 e. The van der Waals surface area contributed by atoms with E-state index >= 15 is 0 Å². The van der Waals surface area contributed by atoms with Gasteiger partial charge in [-0.15, -0.1) is 16.8 Å². The number of anilines is 1. The number of hydrogen-bond donors (Lipinski definition) is 5. The zero-order valence-electron chi connectivity index (χ0n) is 63.1. The van der Waals surface area contributed by atoms with E-state index in [0.29, 0.717) is 73.6 Å². The average Bonchev–Trinajstić information content (AvgIpc) is 1.69. The summed E-state index contributed by atoms with van der Waals surface area (Å²) < 4.78 is 45.9. The Morgan fingerprint density at radius 2 is 1.38 bits per heavy atom. The van der Waals surface area contributed by atoms with Crippen molar-refractivity contribution in [3.63, 3.8) is 0 Å². The molecule has 0 bridgehead atoms. The van der Waals surface area contributed by atoms with Crippen LogP contribution in [0.4, 0.5) is 19.3 Å². The van der Waals surface area contributed by atoms with E-state index in [1.54, 1.807) is 70.8 Å². The summed E-state index contributed by atoms with van der Waals surface area (Å²) in [7, 11) is 5.91. The number of nitrogens with one attached hydrogen (secondary N) is 5. The Kier molecular flexibility index (Phi) is 33.6. The van der Waals surface area contributed by atoms with Crippen LogP contribution in [0.3, 0.4) is 0 Å². The number of carbonyl (C=O) groups excluding carboxylic acids is 13. The molecule has 0 saturated carbocycles. The summed E-state index contributed by atoms with van der Waals surface area (Å²) in [5.41, 5.74) is -0.151. The van der Waals surface area contributed by atoms with Gasteiger partial charge >= 0.3 is 12.1 Å². The molecular formula is C74H110F2N10O17S. The molecule has 5 N–H and O–H groups in total. The first-order chi connectivity index (χ1) is 48.9. The Hall–Kier alpha value is -8.12. The van der Waals surface area contributed by atoms with Crippen LogP contribution in [-0.4, -0.2) is 210 Å². The predicted molar refractivity (Wildman–Crippen MR) is 384 cm³/mol. The van der Waals surface area contributed by atoms with E-state index in [1.807, 2.05) is 41.5 Å². The predicted octanol–water partition coefficient (Wildman–Crippen LogP) is 7.01. The minimum atomic E-state index is -1.06. The molecule has 30 heteroatoms. The van der Waals surface area contributed by atoms with Crippen molar-refractivity contribution >= 4 is 94.5 Å². The number of likely N-dealkylation sites (tertiary alicyclic amines) is 2. The van der Waals surface area contributed by atoms with Gasteiger partial charge in [0.2, 0.25) is 53.2 Å². The number of hydrogen-bond acceptors (Lipinski definition) is 18. The summed E-state index contributed by atoms with van der Waals surface area (Å²) in [6, 6.07) is 6.83. The highest BCUT2D eigenvalue weighted by Crippen LogP contribution is 2.41. The number of methoxy groups -OCH3 is 2. The molecule has 3 fully saturated rings. The lowest BCUT2D eigenvalue weighted by atomic mass is 9.74. The lowest BCUT2D eigenvalue weighted by Gasteiger charge is -2.39. The summed E-state index contributed by atoms with van der Waals surface area (Å²) in [5.74, 6) is -8.18. The Morgan fingerprint density at radius 3 is 1.99 bits per heavy atom. The van der Waals surface area contributed by atoms with Gasteiger partial charge in [0.05, 0.1) is 61.4 Å². The number of nitrogens with zero attached hydrogens (tertiary/aromatic N) is 5. The zero-order chi connectivity index (χ0) is 77.5. The number of rotatable bonds is 41.